The monoisotopic (exact) mass is 246 g/mol. The maximum Gasteiger partial charge on any atom is 0.226 e. The van der Waals surface area contributed by atoms with Crippen molar-refractivity contribution in [2.45, 2.75) is 0 Å². The van der Waals surface area contributed by atoms with Crippen LogP contribution in [0.25, 0.3) is 0 Å². The van der Waals surface area contributed by atoms with Gasteiger partial charge in [-0.05, 0) is 12.1 Å². The molecule has 0 aliphatic carbocycles. The predicted molar refractivity (Wildman–Crippen MR) is 57.6 cm³/mol. The number of aldehydes is 3. The molecule has 18 heavy (non-hydrogen) atoms. The molecule has 0 radical (unpaired) electrons. The Morgan fingerprint density at radius 2 is 1.22 bits per heavy atom. The first-order valence-corrected chi connectivity index (χ1v) is 4.67. The number of rotatable bonds is 6. The van der Waals surface area contributed by atoms with E-state index in [1.807, 2.05) is 0 Å². The molecule has 0 atom stereocenters. The zero-order chi connectivity index (χ0) is 13.7. The van der Waals surface area contributed by atoms with E-state index >= 15 is 0 Å². The summed E-state index contributed by atoms with van der Waals surface area (Å²) in [5.74, 6) is -2.95. The molecule has 0 bridgehead atoms. The van der Waals surface area contributed by atoms with Gasteiger partial charge in [0, 0.05) is 16.7 Å². The summed E-state index contributed by atoms with van der Waals surface area (Å²) < 4.78 is 0. The van der Waals surface area contributed by atoms with E-state index in [1.54, 1.807) is 0 Å². The summed E-state index contributed by atoms with van der Waals surface area (Å²) in [4.78, 5) is 64.7. The normalized spacial score (nSPS) is 9.33. The number of benzene rings is 1. The van der Waals surface area contributed by atoms with Crippen molar-refractivity contribution in [1.29, 1.82) is 0 Å². The Morgan fingerprint density at radius 1 is 0.722 bits per heavy atom. The SMILES string of the molecule is O=CC(=O)c1ccc(C(=O)C=O)c(C(=O)C=O)c1. The first kappa shape index (κ1) is 13.3. The van der Waals surface area contributed by atoms with Crippen LogP contribution in [0.1, 0.15) is 31.1 Å². The lowest BCUT2D eigenvalue weighted by molar-refractivity contribution is -0.105. The number of Topliss-reactive ketones (excluding diaryl/α,β-unsaturated/α-hetero) is 3. The van der Waals surface area contributed by atoms with Crippen LogP contribution in [0.15, 0.2) is 18.2 Å². The maximum atomic E-state index is 11.3. The van der Waals surface area contributed by atoms with Crippen molar-refractivity contribution in [3.8, 4) is 0 Å². The van der Waals surface area contributed by atoms with Crippen molar-refractivity contribution in [1.82, 2.24) is 0 Å². The van der Waals surface area contributed by atoms with Gasteiger partial charge in [-0.3, -0.25) is 28.8 Å². The summed E-state index contributed by atoms with van der Waals surface area (Å²) in [6, 6.07) is 3.10. The molecule has 0 aromatic heterocycles. The molecular weight excluding hydrogens is 240 g/mol. The fourth-order valence-corrected chi connectivity index (χ4v) is 1.31. The summed E-state index contributed by atoms with van der Waals surface area (Å²) in [5, 5.41) is 0. The molecule has 0 spiro atoms. The predicted octanol–water partition coefficient (Wildman–Crippen LogP) is -0.169. The molecule has 0 N–H and O–H groups in total. The molecule has 0 aliphatic rings. The average Bonchev–Trinajstić information content (AvgIpc) is 2.43. The molecule has 0 amide bonds. The van der Waals surface area contributed by atoms with Gasteiger partial charge in [0.2, 0.25) is 17.3 Å². The molecule has 90 valence electrons. The van der Waals surface area contributed by atoms with E-state index in [9.17, 15) is 28.8 Å². The van der Waals surface area contributed by atoms with E-state index in [0.29, 0.717) is 0 Å². The number of hydrogen-bond acceptors (Lipinski definition) is 6. The van der Waals surface area contributed by atoms with Crippen LogP contribution in [-0.2, 0) is 14.4 Å². The summed E-state index contributed by atoms with van der Waals surface area (Å²) >= 11 is 0. The van der Waals surface area contributed by atoms with E-state index in [2.05, 4.69) is 0 Å². The highest BCUT2D eigenvalue weighted by Gasteiger charge is 2.18. The van der Waals surface area contributed by atoms with Crippen LogP contribution < -0.4 is 0 Å². The Hall–Kier alpha value is -2.76. The topological polar surface area (TPSA) is 102 Å². The molecule has 0 aliphatic heterocycles. The lowest BCUT2D eigenvalue weighted by Crippen LogP contribution is -2.13. The quantitative estimate of drug-likeness (QED) is 0.392. The Labute approximate surface area is 101 Å². The second-order valence-corrected chi connectivity index (χ2v) is 3.21. The van der Waals surface area contributed by atoms with Gasteiger partial charge in [-0.25, -0.2) is 0 Å². The highest BCUT2D eigenvalue weighted by molar-refractivity contribution is 6.41. The largest absolute Gasteiger partial charge is 0.294 e. The summed E-state index contributed by atoms with van der Waals surface area (Å²) in [6.07, 6.45) is -0.0318. The molecule has 1 rings (SSSR count). The fourth-order valence-electron chi connectivity index (χ4n) is 1.31. The number of hydrogen-bond donors (Lipinski definition) is 0. The molecule has 0 saturated heterocycles. The van der Waals surface area contributed by atoms with E-state index in [4.69, 9.17) is 0 Å². The Balaban J connectivity index is 3.47. The molecule has 0 fully saturated rings. The van der Waals surface area contributed by atoms with Crippen LogP contribution in [-0.4, -0.2) is 36.2 Å². The van der Waals surface area contributed by atoms with Gasteiger partial charge in [0.25, 0.3) is 0 Å². The van der Waals surface area contributed by atoms with Crippen LogP contribution >= 0.6 is 0 Å². The molecule has 6 heteroatoms. The van der Waals surface area contributed by atoms with Gasteiger partial charge in [0.05, 0.1) is 0 Å². The van der Waals surface area contributed by atoms with Gasteiger partial charge >= 0.3 is 0 Å². The number of ketones is 3. The van der Waals surface area contributed by atoms with Crippen LogP contribution in [0.2, 0.25) is 0 Å². The van der Waals surface area contributed by atoms with Crippen LogP contribution in [0, 0.1) is 0 Å². The third-order valence-electron chi connectivity index (χ3n) is 2.16. The zero-order valence-electron chi connectivity index (χ0n) is 8.91. The van der Waals surface area contributed by atoms with Gasteiger partial charge in [-0.15, -0.1) is 0 Å². The molecule has 1 aromatic rings. The van der Waals surface area contributed by atoms with Crippen molar-refractivity contribution in [3.05, 3.63) is 34.9 Å². The number of carbonyl (C=O) groups excluding carboxylic acids is 6. The van der Waals surface area contributed by atoms with Gasteiger partial charge in [0.1, 0.15) is 0 Å². The molecular formula is C12H6O6. The lowest BCUT2D eigenvalue weighted by Gasteiger charge is -2.03. The molecule has 6 nitrogen and oxygen atoms in total. The van der Waals surface area contributed by atoms with Crippen molar-refractivity contribution in [2.75, 3.05) is 0 Å². The minimum absolute atomic E-state index is 0.0157. The van der Waals surface area contributed by atoms with Crippen molar-refractivity contribution in [2.24, 2.45) is 0 Å². The van der Waals surface area contributed by atoms with Crippen molar-refractivity contribution in [3.63, 3.8) is 0 Å². The summed E-state index contributed by atoms with van der Waals surface area (Å²) in [5.41, 5.74) is -0.808. The van der Waals surface area contributed by atoms with Gasteiger partial charge in [-0.1, -0.05) is 6.07 Å². The minimum atomic E-state index is -1.05. The highest BCUT2D eigenvalue weighted by atomic mass is 16.2. The van der Waals surface area contributed by atoms with Crippen LogP contribution in [0.5, 0.6) is 0 Å². The third kappa shape index (κ3) is 2.49. The van der Waals surface area contributed by atoms with Crippen LogP contribution in [0.3, 0.4) is 0 Å². The minimum Gasteiger partial charge on any atom is -0.294 e. The lowest BCUT2D eigenvalue weighted by atomic mass is 9.97. The van der Waals surface area contributed by atoms with E-state index in [-0.39, 0.29) is 35.5 Å². The second kappa shape index (κ2) is 5.53. The van der Waals surface area contributed by atoms with E-state index in [1.165, 1.54) is 0 Å². The summed E-state index contributed by atoms with van der Waals surface area (Å²) in [7, 11) is 0. The standard InChI is InChI=1S/C12H6O6/c13-4-10(16)7-1-2-8(11(17)5-14)9(3-7)12(18)6-15/h1-6H. The van der Waals surface area contributed by atoms with Crippen molar-refractivity contribution >= 4 is 36.2 Å². The number of carbonyl (C=O) groups is 6. The van der Waals surface area contributed by atoms with Gasteiger partial charge in [0.15, 0.2) is 18.9 Å². The smallest absolute Gasteiger partial charge is 0.226 e. The van der Waals surface area contributed by atoms with Gasteiger partial charge in [-0.2, -0.15) is 0 Å². The van der Waals surface area contributed by atoms with Crippen LogP contribution in [0.4, 0.5) is 0 Å². The van der Waals surface area contributed by atoms with Crippen molar-refractivity contribution < 1.29 is 28.8 Å². The van der Waals surface area contributed by atoms with Gasteiger partial charge < -0.3 is 0 Å². The first-order valence-electron chi connectivity index (χ1n) is 4.67. The van der Waals surface area contributed by atoms with E-state index < -0.39 is 17.3 Å². The third-order valence-corrected chi connectivity index (χ3v) is 2.16. The van der Waals surface area contributed by atoms with E-state index in [0.717, 1.165) is 18.2 Å². The average molecular weight is 246 g/mol. The molecule has 0 saturated carbocycles. The molecule has 1 aromatic carbocycles. The fraction of sp³-hybridized carbons (Fsp3) is 0. The first-order chi connectivity index (χ1) is 8.54. The second-order valence-electron chi connectivity index (χ2n) is 3.21. The maximum absolute atomic E-state index is 11.3. The highest BCUT2D eigenvalue weighted by Crippen LogP contribution is 2.13. The Bertz CT molecular complexity index is 570. The molecule has 0 unspecified atom stereocenters. The summed E-state index contributed by atoms with van der Waals surface area (Å²) in [6.45, 7) is 0. The Kier molecular flexibility index (Phi) is 4.09. The Morgan fingerprint density at radius 3 is 1.72 bits per heavy atom. The molecule has 0 heterocycles. The zero-order valence-corrected chi connectivity index (χ0v) is 8.91.